The Hall–Kier alpha value is -2.80. The van der Waals surface area contributed by atoms with Crippen LogP contribution in [0, 0.1) is 6.92 Å². The van der Waals surface area contributed by atoms with Gasteiger partial charge >= 0.3 is 0 Å². The number of aryl methyl sites for hydroxylation is 1. The summed E-state index contributed by atoms with van der Waals surface area (Å²) in [5.74, 6) is 0.0124. The van der Waals surface area contributed by atoms with Gasteiger partial charge in [0.1, 0.15) is 11.9 Å². The fourth-order valence-corrected chi connectivity index (χ4v) is 2.97. The molecule has 0 spiro atoms. The molecule has 2 heterocycles. The van der Waals surface area contributed by atoms with E-state index in [1.165, 1.54) is 12.4 Å². The van der Waals surface area contributed by atoms with Crippen molar-refractivity contribution in [2.45, 2.75) is 19.5 Å². The van der Waals surface area contributed by atoms with Gasteiger partial charge in [0.25, 0.3) is 5.91 Å². The Balaban J connectivity index is 1.71. The molecule has 130 valence electrons. The topological polar surface area (TPSA) is 92.4 Å². The van der Waals surface area contributed by atoms with E-state index in [1.54, 1.807) is 11.8 Å². The molecule has 1 aliphatic rings. The normalized spacial score (nSPS) is 18.1. The minimum atomic E-state index is -0.510. The van der Waals surface area contributed by atoms with E-state index >= 15 is 0 Å². The molecule has 0 radical (unpaired) electrons. The van der Waals surface area contributed by atoms with Crippen LogP contribution in [0.5, 0.6) is 0 Å². The van der Waals surface area contributed by atoms with Gasteiger partial charge in [0.05, 0.1) is 5.56 Å². The molecule has 1 aromatic carbocycles. The highest BCUT2D eigenvalue weighted by molar-refractivity contribution is 5.94. The standard InChI is InChI=1S/C18H21N5O2/c1-13-20-9-15(10-21-13)18(25)23-8-7-22(16(12-23)17(19)24)11-14-5-3-2-4-6-14/h2-6,9-10,16H,7-8,11-12H2,1H3,(H2,19,24). The van der Waals surface area contributed by atoms with Crippen molar-refractivity contribution >= 4 is 11.8 Å². The molecule has 1 fully saturated rings. The van der Waals surface area contributed by atoms with Gasteiger partial charge in [-0.3, -0.25) is 14.5 Å². The zero-order valence-corrected chi connectivity index (χ0v) is 14.1. The van der Waals surface area contributed by atoms with E-state index < -0.39 is 11.9 Å². The maximum Gasteiger partial charge on any atom is 0.257 e. The maximum atomic E-state index is 12.6. The predicted octanol–water partition coefficient (Wildman–Crippen LogP) is 0.597. The minimum absolute atomic E-state index is 0.175. The van der Waals surface area contributed by atoms with Gasteiger partial charge in [-0.05, 0) is 12.5 Å². The van der Waals surface area contributed by atoms with Gasteiger partial charge in [-0.15, -0.1) is 0 Å². The Labute approximate surface area is 146 Å². The Morgan fingerprint density at radius 1 is 1.16 bits per heavy atom. The average Bonchev–Trinajstić information content (AvgIpc) is 2.63. The lowest BCUT2D eigenvalue weighted by atomic mass is 10.1. The van der Waals surface area contributed by atoms with E-state index in [0.717, 1.165) is 5.56 Å². The Bertz CT molecular complexity index is 748. The zero-order valence-electron chi connectivity index (χ0n) is 14.1. The summed E-state index contributed by atoms with van der Waals surface area (Å²) >= 11 is 0. The van der Waals surface area contributed by atoms with Crippen molar-refractivity contribution in [2.75, 3.05) is 19.6 Å². The van der Waals surface area contributed by atoms with Crippen LogP contribution in [-0.4, -0.2) is 57.3 Å². The molecule has 2 amide bonds. The van der Waals surface area contributed by atoms with Gasteiger partial charge in [-0.25, -0.2) is 9.97 Å². The molecule has 0 saturated carbocycles. The molecule has 1 saturated heterocycles. The minimum Gasteiger partial charge on any atom is -0.368 e. The van der Waals surface area contributed by atoms with Crippen LogP contribution < -0.4 is 5.73 Å². The highest BCUT2D eigenvalue weighted by Gasteiger charge is 2.33. The van der Waals surface area contributed by atoms with Gasteiger partial charge in [0.15, 0.2) is 0 Å². The summed E-state index contributed by atoms with van der Waals surface area (Å²) < 4.78 is 0. The van der Waals surface area contributed by atoms with Crippen molar-refractivity contribution in [2.24, 2.45) is 5.73 Å². The lowest BCUT2D eigenvalue weighted by molar-refractivity contribution is -0.125. The molecule has 0 bridgehead atoms. The number of piperazine rings is 1. The lowest BCUT2D eigenvalue weighted by Crippen LogP contribution is -2.58. The first-order chi connectivity index (χ1) is 12.0. The molecule has 3 rings (SSSR count). The van der Waals surface area contributed by atoms with Crippen LogP contribution >= 0.6 is 0 Å². The van der Waals surface area contributed by atoms with Crippen LogP contribution in [0.15, 0.2) is 42.7 Å². The van der Waals surface area contributed by atoms with E-state index in [-0.39, 0.29) is 12.5 Å². The first-order valence-corrected chi connectivity index (χ1v) is 8.20. The third-order valence-corrected chi connectivity index (χ3v) is 4.36. The molecular formula is C18H21N5O2. The number of primary amides is 1. The van der Waals surface area contributed by atoms with Gasteiger partial charge in [-0.2, -0.15) is 0 Å². The maximum absolute atomic E-state index is 12.6. The fourth-order valence-electron chi connectivity index (χ4n) is 2.97. The van der Waals surface area contributed by atoms with Crippen LogP contribution in [0.4, 0.5) is 0 Å². The first-order valence-electron chi connectivity index (χ1n) is 8.20. The molecule has 1 aromatic heterocycles. The first kappa shape index (κ1) is 17.0. The second-order valence-electron chi connectivity index (χ2n) is 6.14. The van der Waals surface area contributed by atoms with Gasteiger partial charge < -0.3 is 10.6 Å². The van der Waals surface area contributed by atoms with Crippen LogP contribution in [0.3, 0.4) is 0 Å². The largest absolute Gasteiger partial charge is 0.368 e. The van der Waals surface area contributed by atoms with Crippen LogP contribution in [0.25, 0.3) is 0 Å². The number of aromatic nitrogens is 2. The molecule has 1 atom stereocenters. The molecule has 1 aliphatic heterocycles. The van der Waals surface area contributed by atoms with E-state index in [2.05, 4.69) is 9.97 Å². The molecule has 0 aliphatic carbocycles. The van der Waals surface area contributed by atoms with Gasteiger partial charge in [0, 0.05) is 38.6 Å². The van der Waals surface area contributed by atoms with Crippen LogP contribution in [-0.2, 0) is 11.3 Å². The van der Waals surface area contributed by atoms with E-state index in [0.29, 0.717) is 31.0 Å². The quantitative estimate of drug-likeness (QED) is 0.880. The Morgan fingerprint density at radius 3 is 2.48 bits per heavy atom. The monoisotopic (exact) mass is 339 g/mol. The second-order valence-corrected chi connectivity index (χ2v) is 6.14. The van der Waals surface area contributed by atoms with Gasteiger partial charge in [0.2, 0.25) is 5.91 Å². The summed E-state index contributed by atoms with van der Waals surface area (Å²) in [6.45, 7) is 3.78. The Kier molecular flexibility index (Phi) is 5.04. The summed E-state index contributed by atoms with van der Waals surface area (Å²) in [4.78, 5) is 36.3. The summed E-state index contributed by atoms with van der Waals surface area (Å²) in [6, 6.07) is 9.40. The molecule has 25 heavy (non-hydrogen) atoms. The number of benzene rings is 1. The van der Waals surface area contributed by atoms with Crippen molar-refractivity contribution < 1.29 is 9.59 Å². The molecular weight excluding hydrogens is 318 g/mol. The number of rotatable bonds is 4. The van der Waals surface area contributed by atoms with Crippen LogP contribution in [0.2, 0.25) is 0 Å². The molecule has 1 unspecified atom stereocenters. The van der Waals surface area contributed by atoms with Crippen molar-refractivity contribution in [1.82, 2.24) is 19.8 Å². The number of amides is 2. The number of nitrogens with two attached hydrogens (primary N) is 1. The highest BCUT2D eigenvalue weighted by atomic mass is 16.2. The predicted molar refractivity (Wildman–Crippen MR) is 92.5 cm³/mol. The highest BCUT2D eigenvalue weighted by Crippen LogP contribution is 2.16. The summed E-state index contributed by atoms with van der Waals surface area (Å²) in [5.41, 5.74) is 7.12. The van der Waals surface area contributed by atoms with Crippen LogP contribution in [0.1, 0.15) is 21.7 Å². The SMILES string of the molecule is Cc1ncc(C(=O)N2CCN(Cc3ccccc3)C(C(N)=O)C2)cn1. The number of carbonyl (C=O) groups excluding carboxylic acids is 2. The smallest absolute Gasteiger partial charge is 0.257 e. The number of hydrogen-bond donors (Lipinski definition) is 1. The summed E-state index contributed by atoms with van der Waals surface area (Å²) in [7, 11) is 0. The number of hydrogen-bond acceptors (Lipinski definition) is 5. The molecule has 7 nitrogen and oxygen atoms in total. The van der Waals surface area contributed by atoms with Gasteiger partial charge in [-0.1, -0.05) is 30.3 Å². The van der Waals surface area contributed by atoms with E-state index in [1.807, 2.05) is 35.2 Å². The van der Waals surface area contributed by atoms with E-state index in [4.69, 9.17) is 5.73 Å². The van der Waals surface area contributed by atoms with Crippen molar-refractivity contribution in [3.05, 3.63) is 59.7 Å². The third-order valence-electron chi connectivity index (χ3n) is 4.36. The fraction of sp³-hybridized carbons (Fsp3) is 0.333. The second kappa shape index (κ2) is 7.40. The molecule has 7 heteroatoms. The Morgan fingerprint density at radius 2 is 1.84 bits per heavy atom. The molecule has 2 aromatic rings. The van der Waals surface area contributed by atoms with Crippen molar-refractivity contribution in [3.63, 3.8) is 0 Å². The van der Waals surface area contributed by atoms with Crippen molar-refractivity contribution in [1.29, 1.82) is 0 Å². The molecule has 2 N–H and O–H groups in total. The average molecular weight is 339 g/mol. The van der Waals surface area contributed by atoms with E-state index in [9.17, 15) is 9.59 Å². The zero-order chi connectivity index (χ0) is 17.8. The number of carbonyl (C=O) groups is 2. The third kappa shape index (κ3) is 4.00. The lowest BCUT2D eigenvalue weighted by Gasteiger charge is -2.39. The van der Waals surface area contributed by atoms with Crippen molar-refractivity contribution in [3.8, 4) is 0 Å². The summed E-state index contributed by atoms with van der Waals surface area (Å²) in [5, 5.41) is 0. The summed E-state index contributed by atoms with van der Waals surface area (Å²) in [6.07, 6.45) is 3.03. The number of nitrogens with zero attached hydrogens (tertiary/aromatic N) is 4.